The van der Waals surface area contributed by atoms with Crippen molar-refractivity contribution in [2.45, 2.75) is 51.8 Å². The Labute approximate surface area is 76.9 Å². The molecular weight excluding hydrogens is 181 g/mol. The Morgan fingerprint density at radius 1 is 1.08 bits per heavy atom. The van der Waals surface area contributed by atoms with Crippen molar-refractivity contribution in [2.24, 2.45) is 5.92 Å². The van der Waals surface area contributed by atoms with Crippen LogP contribution in [0.5, 0.6) is 0 Å². The molecule has 0 radical (unpaired) electrons. The van der Waals surface area contributed by atoms with Crippen LogP contribution in [0.15, 0.2) is 0 Å². The summed E-state index contributed by atoms with van der Waals surface area (Å²) < 4.78 is 35.6. The Bertz CT molecular complexity index is 129. The molecule has 1 nitrogen and oxygen atoms in total. The van der Waals surface area contributed by atoms with E-state index < -0.39 is 12.3 Å². The third-order valence-electron chi connectivity index (χ3n) is 2.38. The van der Waals surface area contributed by atoms with Crippen LogP contribution in [-0.4, -0.2) is 17.4 Å². The Balaban J connectivity index is 3.75. The van der Waals surface area contributed by atoms with Gasteiger partial charge in [0, 0.05) is 0 Å². The number of aliphatic hydroxyl groups is 1. The molecule has 1 N–H and O–H groups in total. The van der Waals surface area contributed by atoms with Gasteiger partial charge in [-0.15, -0.1) is 0 Å². The van der Waals surface area contributed by atoms with E-state index >= 15 is 0 Å². The van der Waals surface area contributed by atoms with Gasteiger partial charge in [0.2, 0.25) is 0 Å². The van der Waals surface area contributed by atoms with Crippen LogP contribution < -0.4 is 0 Å². The molecule has 0 aromatic rings. The summed E-state index contributed by atoms with van der Waals surface area (Å²) in [6.07, 6.45) is -4.56. The summed E-state index contributed by atoms with van der Waals surface area (Å²) in [5, 5.41) is 8.70. The van der Waals surface area contributed by atoms with E-state index in [-0.39, 0.29) is 6.42 Å². The van der Waals surface area contributed by atoms with Gasteiger partial charge >= 0.3 is 6.18 Å². The SMILES string of the molecule is CCC(CC)CC[C@@H](O)C(F)(F)F. The van der Waals surface area contributed by atoms with E-state index in [0.29, 0.717) is 12.3 Å². The van der Waals surface area contributed by atoms with E-state index in [0.717, 1.165) is 12.8 Å². The van der Waals surface area contributed by atoms with Crippen LogP contribution in [0.4, 0.5) is 13.2 Å². The minimum Gasteiger partial charge on any atom is -0.384 e. The zero-order valence-corrected chi connectivity index (χ0v) is 8.06. The lowest BCUT2D eigenvalue weighted by molar-refractivity contribution is -0.206. The Kier molecular flexibility index (Phi) is 5.37. The van der Waals surface area contributed by atoms with E-state index in [9.17, 15) is 13.2 Å². The summed E-state index contributed by atoms with van der Waals surface area (Å²) in [7, 11) is 0. The summed E-state index contributed by atoms with van der Waals surface area (Å²) in [6.45, 7) is 3.91. The van der Waals surface area contributed by atoms with Crippen molar-refractivity contribution in [3.8, 4) is 0 Å². The highest BCUT2D eigenvalue weighted by Gasteiger charge is 2.37. The first-order chi connectivity index (χ1) is 5.91. The largest absolute Gasteiger partial charge is 0.414 e. The van der Waals surface area contributed by atoms with Crippen LogP contribution in [0.1, 0.15) is 39.5 Å². The average molecular weight is 198 g/mol. The number of hydrogen-bond donors (Lipinski definition) is 1. The van der Waals surface area contributed by atoms with Crippen molar-refractivity contribution in [1.29, 1.82) is 0 Å². The summed E-state index contributed by atoms with van der Waals surface area (Å²) in [4.78, 5) is 0. The Morgan fingerprint density at radius 2 is 1.54 bits per heavy atom. The molecule has 0 bridgehead atoms. The number of halogens is 3. The molecule has 0 saturated carbocycles. The average Bonchev–Trinajstić information content (AvgIpc) is 2.04. The fraction of sp³-hybridized carbons (Fsp3) is 1.00. The topological polar surface area (TPSA) is 20.2 Å². The first-order valence-electron chi connectivity index (χ1n) is 4.66. The van der Waals surface area contributed by atoms with Crippen molar-refractivity contribution < 1.29 is 18.3 Å². The van der Waals surface area contributed by atoms with Gasteiger partial charge in [-0.3, -0.25) is 0 Å². The van der Waals surface area contributed by atoms with Crippen molar-refractivity contribution in [3.63, 3.8) is 0 Å². The summed E-state index contributed by atoms with van der Waals surface area (Å²) in [5.74, 6) is 0.303. The van der Waals surface area contributed by atoms with Crippen LogP contribution in [0.2, 0.25) is 0 Å². The second kappa shape index (κ2) is 5.47. The third kappa shape index (κ3) is 5.13. The molecule has 0 aliphatic heterocycles. The molecule has 0 rings (SSSR count). The molecule has 0 saturated heterocycles. The number of rotatable bonds is 5. The third-order valence-corrected chi connectivity index (χ3v) is 2.38. The molecule has 0 aromatic carbocycles. The second-order valence-corrected chi connectivity index (χ2v) is 3.32. The van der Waals surface area contributed by atoms with Gasteiger partial charge in [-0.1, -0.05) is 26.7 Å². The van der Waals surface area contributed by atoms with E-state index in [1.807, 2.05) is 13.8 Å². The maximum atomic E-state index is 11.9. The molecule has 0 fully saturated rings. The molecule has 13 heavy (non-hydrogen) atoms. The first kappa shape index (κ1) is 12.8. The maximum Gasteiger partial charge on any atom is 0.414 e. The fourth-order valence-corrected chi connectivity index (χ4v) is 1.25. The molecule has 80 valence electrons. The molecule has 0 heterocycles. The van der Waals surface area contributed by atoms with Gasteiger partial charge < -0.3 is 5.11 Å². The molecule has 0 amide bonds. The second-order valence-electron chi connectivity index (χ2n) is 3.32. The minimum atomic E-state index is -4.45. The quantitative estimate of drug-likeness (QED) is 0.719. The lowest BCUT2D eigenvalue weighted by atomic mass is 9.96. The van der Waals surface area contributed by atoms with Gasteiger partial charge in [-0.2, -0.15) is 13.2 Å². The van der Waals surface area contributed by atoms with Crippen molar-refractivity contribution in [2.75, 3.05) is 0 Å². The van der Waals surface area contributed by atoms with Gasteiger partial charge in [0.15, 0.2) is 0 Å². The predicted octanol–water partition coefficient (Wildman–Crippen LogP) is 3.13. The van der Waals surface area contributed by atoms with Crippen LogP contribution in [0, 0.1) is 5.92 Å². The summed E-state index contributed by atoms with van der Waals surface area (Å²) in [5.41, 5.74) is 0. The van der Waals surface area contributed by atoms with E-state index in [4.69, 9.17) is 5.11 Å². The Hall–Kier alpha value is -0.250. The van der Waals surface area contributed by atoms with Crippen molar-refractivity contribution in [1.82, 2.24) is 0 Å². The van der Waals surface area contributed by atoms with E-state index in [1.165, 1.54) is 0 Å². The monoisotopic (exact) mass is 198 g/mol. The van der Waals surface area contributed by atoms with Gasteiger partial charge in [-0.25, -0.2) is 0 Å². The van der Waals surface area contributed by atoms with Gasteiger partial charge in [0.25, 0.3) is 0 Å². The van der Waals surface area contributed by atoms with Gasteiger partial charge in [0.05, 0.1) is 0 Å². The highest BCUT2D eigenvalue weighted by atomic mass is 19.4. The smallest absolute Gasteiger partial charge is 0.384 e. The molecule has 0 unspecified atom stereocenters. The van der Waals surface area contributed by atoms with Crippen LogP contribution in [0.25, 0.3) is 0 Å². The standard InChI is InChI=1S/C9H17F3O/c1-3-7(4-2)5-6-8(13)9(10,11)12/h7-8,13H,3-6H2,1-2H3/t8-/m1/s1. The number of alkyl halides is 3. The minimum absolute atomic E-state index is 0.171. The highest BCUT2D eigenvalue weighted by Crippen LogP contribution is 2.26. The van der Waals surface area contributed by atoms with Crippen LogP contribution in [0.3, 0.4) is 0 Å². The number of aliphatic hydroxyl groups excluding tert-OH is 1. The normalized spacial score (nSPS) is 15.0. The Morgan fingerprint density at radius 3 is 1.85 bits per heavy atom. The zero-order chi connectivity index (χ0) is 10.5. The molecule has 1 atom stereocenters. The predicted molar refractivity (Wildman–Crippen MR) is 45.4 cm³/mol. The number of hydrogen-bond acceptors (Lipinski definition) is 1. The molecule has 0 aliphatic carbocycles. The van der Waals surface area contributed by atoms with Crippen molar-refractivity contribution >= 4 is 0 Å². The molecular formula is C9H17F3O. The highest BCUT2D eigenvalue weighted by molar-refractivity contribution is 4.67. The zero-order valence-electron chi connectivity index (χ0n) is 8.06. The summed E-state index contributed by atoms with van der Waals surface area (Å²) in [6, 6.07) is 0. The lowest BCUT2D eigenvalue weighted by Gasteiger charge is -2.17. The first-order valence-corrected chi connectivity index (χ1v) is 4.66. The van der Waals surface area contributed by atoms with Crippen LogP contribution in [-0.2, 0) is 0 Å². The molecule has 0 spiro atoms. The van der Waals surface area contributed by atoms with Gasteiger partial charge in [-0.05, 0) is 18.8 Å². The van der Waals surface area contributed by atoms with Crippen LogP contribution >= 0.6 is 0 Å². The van der Waals surface area contributed by atoms with Gasteiger partial charge in [0.1, 0.15) is 6.10 Å². The molecule has 0 aromatic heterocycles. The maximum absolute atomic E-state index is 11.9. The fourth-order valence-electron chi connectivity index (χ4n) is 1.25. The van der Waals surface area contributed by atoms with E-state index in [1.54, 1.807) is 0 Å². The molecule has 0 aliphatic rings. The van der Waals surface area contributed by atoms with E-state index in [2.05, 4.69) is 0 Å². The summed E-state index contributed by atoms with van der Waals surface area (Å²) >= 11 is 0. The lowest BCUT2D eigenvalue weighted by Crippen LogP contribution is -2.28. The molecule has 4 heteroatoms. The van der Waals surface area contributed by atoms with Crippen molar-refractivity contribution in [3.05, 3.63) is 0 Å².